The standard InChI is InChI=1S/C9H6F3NO4/c10-9(11,12)6-2-1-5(4-8(14)15)3-7(6)13(16)17/h1-3H,4H2,(H,14,15). The Kier molecular flexibility index (Phi) is 3.35. The number of hydrogen-bond donors (Lipinski definition) is 1. The molecule has 0 radical (unpaired) electrons. The van der Waals surface area contributed by atoms with Gasteiger partial charge in [-0.25, -0.2) is 0 Å². The van der Waals surface area contributed by atoms with Gasteiger partial charge in [-0.15, -0.1) is 0 Å². The molecule has 0 aromatic heterocycles. The molecule has 0 fully saturated rings. The monoisotopic (exact) mass is 249 g/mol. The molecule has 0 saturated carbocycles. The SMILES string of the molecule is O=C(O)Cc1ccc(C(F)(F)F)c([N+](=O)[O-])c1. The van der Waals surface area contributed by atoms with Crippen LogP contribution in [0.15, 0.2) is 18.2 Å². The van der Waals surface area contributed by atoms with Gasteiger partial charge >= 0.3 is 12.1 Å². The van der Waals surface area contributed by atoms with Crippen molar-refractivity contribution >= 4 is 11.7 Å². The summed E-state index contributed by atoms with van der Waals surface area (Å²) in [6, 6.07) is 2.04. The van der Waals surface area contributed by atoms with Crippen molar-refractivity contribution < 1.29 is 28.0 Å². The van der Waals surface area contributed by atoms with Gasteiger partial charge in [-0.05, 0) is 11.6 Å². The van der Waals surface area contributed by atoms with Gasteiger partial charge in [0, 0.05) is 6.07 Å². The molecule has 5 nitrogen and oxygen atoms in total. The minimum atomic E-state index is -4.84. The first kappa shape index (κ1) is 12.9. The zero-order valence-corrected chi connectivity index (χ0v) is 8.19. The number of carboxylic acid groups (broad SMARTS) is 1. The van der Waals surface area contributed by atoms with Crippen molar-refractivity contribution in [1.82, 2.24) is 0 Å². The molecule has 1 aromatic carbocycles. The molecular formula is C9H6F3NO4. The number of nitrogens with zero attached hydrogens (tertiary/aromatic N) is 1. The summed E-state index contributed by atoms with van der Waals surface area (Å²) in [5.41, 5.74) is -2.59. The van der Waals surface area contributed by atoms with Crippen LogP contribution in [0.25, 0.3) is 0 Å². The minimum absolute atomic E-state index is 0.0581. The molecule has 0 amide bonds. The molecule has 0 saturated heterocycles. The maximum Gasteiger partial charge on any atom is 0.422 e. The summed E-state index contributed by atoms with van der Waals surface area (Å²) in [6.45, 7) is 0. The number of nitro benzene ring substituents is 1. The molecule has 0 aliphatic carbocycles. The quantitative estimate of drug-likeness (QED) is 0.658. The van der Waals surface area contributed by atoms with Crippen LogP contribution in [0.5, 0.6) is 0 Å². The molecule has 0 aliphatic heterocycles. The van der Waals surface area contributed by atoms with Crippen molar-refractivity contribution in [3.05, 3.63) is 39.4 Å². The van der Waals surface area contributed by atoms with E-state index in [0.717, 1.165) is 6.07 Å². The van der Waals surface area contributed by atoms with E-state index in [2.05, 4.69) is 0 Å². The van der Waals surface area contributed by atoms with Gasteiger partial charge in [0.15, 0.2) is 0 Å². The second kappa shape index (κ2) is 4.40. The molecule has 0 atom stereocenters. The summed E-state index contributed by atoms with van der Waals surface area (Å²) < 4.78 is 37.1. The van der Waals surface area contributed by atoms with Crippen LogP contribution >= 0.6 is 0 Å². The first-order chi connectivity index (χ1) is 7.71. The summed E-state index contributed by atoms with van der Waals surface area (Å²) >= 11 is 0. The molecule has 1 aromatic rings. The number of rotatable bonds is 3. The first-order valence-electron chi connectivity index (χ1n) is 4.28. The first-order valence-corrected chi connectivity index (χ1v) is 4.28. The van der Waals surface area contributed by atoms with Crippen molar-refractivity contribution in [2.45, 2.75) is 12.6 Å². The molecular weight excluding hydrogens is 243 g/mol. The highest BCUT2D eigenvalue weighted by Gasteiger charge is 2.38. The summed E-state index contributed by atoms with van der Waals surface area (Å²) in [6.07, 6.45) is -5.41. The number of alkyl halides is 3. The lowest BCUT2D eigenvalue weighted by Gasteiger charge is -2.08. The van der Waals surface area contributed by atoms with Crippen molar-refractivity contribution in [3.8, 4) is 0 Å². The topological polar surface area (TPSA) is 80.4 Å². The Morgan fingerprint density at radius 1 is 1.41 bits per heavy atom. The highest BCUT2D eigenvalue weighted by atomic mass is 19.4. The lowest BCUT2D eigenvalue weighted by atomic mass is 10.1. The summed E-state index contributed by atoms with van der Waals surface area (Å²) in [5.74, 6) is -1.28. The molecule has 0 aliphatic rings. The molecule has 92 valence electrons. The highest BCUT2D eigenvalue weighted by Crippen LogP contribution is 2.36. The van der Waals surface area contributed by atoms with E-state index < -0.39 is 34.7 Å². The van der Waals surface area contributed by atoms with E-state index in [1.54, 1.807) is 0 Å². The number of hydrogen-bond acceptors (Lipinski definition) is 3. The average molecular weight is 249 g/mol. The zero-order valence-electron chi connectivity index (χ0n) is 8.19. The van der Waals surface area contributed by atoms with Gasteiger partial charge in [0.05, 0.1) is 11.3 Å². The Hall–Kier alpha value is -2.12. The molecule has 1 N–H and O–H groups in total. The maximum atomic E-state index is 12.4. The number of nitro groups is 1. The molecule has 0 heterocycles. The second-order valence-corrected chi connectivity index (χ2v) is 3.18. The maximum absolute atomic E-state index is 12.4. The molecule has 0 bridgehead atoms. The normalized spacial score (nSPS) is 11.2. The van der Waals surface area contributed by atoms with Gasteiger partial charge in [-0.2, -0.15) is 13.2 Å². The molecule has 17 heavy (non-hydrogen) atoms. The predicted molar refractivity (Wildman–Crippen MR) is 49.4 cm³/mol. The minimum Gasteiger partial charge on any atom is -0.481 e. The van der Waals surface area contributed by atoms with Gasteiger partial charge in [0.25, 0.3) is 5.69 Å². The second-order valence-electron chi connectivity index (χ2n) is 3.18. The third-order valence-corrected chi connectivity index (χ3v) is 1.92. The highest BCUT2D eigenvalue weighted by molar-refractivity contribution is 5.70. The molecule has 1 rings (SSSR count). The summed E-state index contributed by atoms with van der Waals surface area (Å²) in [4.78, 5) is 19.6. The van der Waals surface area contributed by atoms with E-state index >= 15 is 0 Å². The number of carbonyl (C=O) groups is 1. The van der Waals surface area contributed by atoms with Crippen LogP contribution in [0.4, 0.5) is 18.9 Å². The van der Waals surface area contributed by atoms with Crippen LogP contribution in [0.3, 0.4) is 0 Å². The zero-order chi connectivity index (χ0) is 13.2. The van der Waals surface area contributed by atoms with E-state index in [4.69, 9.17) is 5.11 Å². The van der Waals surface area contributed by atoms with E-state index in [9.17, 15) is 28.1 Å². The smallest absolute Gasteiger partial charge is 0.422 e. The van der Waals surface area contributed by atoms with Gasteiger partial charge in [-0.3, -0.25) is 14.9 Å². The summed E-state index contributed by atoms with van der Waals surface area (Å²) in [7, 11) is 0. The molecule has 0 unspecified atom stereocenters. The van der Waals surface area contributed by atoms with Crippen LogP contribution in [0, 0.1) is 10.1 Å². The molecule has 0 spiro atoms. The lowest BCUT2D eigenvalue weighted by molar-refractivity contribution is -0.388. The van der Waals surface area contributed by atoms with Crippen molar-refractivity contribution in [2.75, 3.05) is 0 Å². The number of benzene rings is 1. The van der Waals surface area contributed by atoms with Crippen LogP contribution in [-0.2, 0) is 17.4 Å². The van der Waals surface area contributed by atoms with E-state index in [-0.39, 0.29) is 5.56 Å². The Balaban J connectivity index is 3.27. The number of halogens is 3. The van der Waals surface area contributed by atoms with Crippen LogP contribution in [0.2, 0.25) is 0 Å². The van der Waals surface area contributed by atoms with Crippen LogP contribution in [0.1, 0.15) is 11.1 Å². The van der Waals surface area contributed by atoms with Crippen molar-refractivity contribution in [3.63, 3.8) is 0 Å². The van der Waals surface area contributed by atoms with Gasteiger partial charge in [0.1, 0.15) is 5.56 Å². The van der Waals surface area contributed by atoms with Gasteiger partial charge < -0.3 is 5.11 Å². The Labute approximate surface area is 92.6 Å². The average Bonchev–Trinajstić information content (AvgIpc) is 2.14. The Morgan fingerprint density at radius 3 is 2.41 bits per heavy atom. The van der Waals surface area contributed by atoms with Gasteiger partial charge in [0.2, 0.25) is 0 Å². The Morgan fingerprint density at radius 2 is 2.00 bits per heavy atom. The fraction of sp³-hybridized carbons (Fsp3) is 0.222. The van der Waals surface area contributed by atoms with Crippen molar-refractivity contribution in [2.24, 2.45) is 0 Å². The summed E-state index contributed by atoms with van der Waals surface area (Å²) in [5, 5.41) is 18.9. The van der Waals surface area contributed by atoms with Crippen LogP contribution < -0.4 is 0 Å². The van der Waals surface area contributed by atoms with E-state index in [1.165, 1.54) is 0 Å². The third-order valence-electron chi connectivity index (χ3n) is 1.92. The van der Waals surface area contributed by atoms with Gasteiger partial charge in [-0.1, -0.05) is 6.07 Å². The lowest BCUT2D eigenvalue weighted by Crippen LogP contribution is -2.10. The molecule has 8 heteroatoms. The van der Waals surface area contributed by atoms with E-state index in [0.29, 0.717) is 12.1 Å². The number of carboxylic acids is 1. The predicted octanol–water partition coefficient (Wildman–Crippen LogP) is 2.24. The van der Waals surface area contributed by atoms with E-state index in [1.807, 2.05) is 0 Å². The van der Waals surface area contributed by atoms with Crippen LogP contribution in [-0.4, -0.2) is 16.0 Å². The fourth-order valence-corrected chi connectivity index (χ4v) is 1.25. The number of aliphatic carboxylic acids is 1. The van der Waals surface area contributed by atoms with Crippen molar-refractivity contribution in [1.29, 1.82) is 0 Å². The Bertz CT molecular complexity index is 470. The fourth-order valence-electron chi connectivity index (χ4n) is 1.25. The third kappa shape index (κ3) is 3.16. The largest absolute Gasteiger partial charge is 0.481 e.